The third kappa shape index (κ3) is 8.36. The smallest absolute Gasteiger partial charge is 0.239 e. The first-order valence-corrected chi connectivity index (χ1v) is 14.3. The second kappa shape index (κ2) is 14.2. The Morgan fingerprint density at radius 3 is 2.68 bits per heavy atom. The van der Waals surface area contributed by atoms with Crippen molar-refractivity contribution in [3.05, 3.63) is 89.7 Å². The van der Waals surface area contributed by atoms with Gasteiger partial charge in [-0.2, -0.15) is 0 Å². The van der Waals surface area contributed by atoms with Crippen LogP contribution < -0.4 is 10.1 Å². The third-order valence-corrected chi connectivity index (χ3v) is 7.53. The van der Waals surface area contributed by atoms with Crippen molar-refractivity contribution in [3.63, 3.8) is 0 Å². The van der Waals surface area contributed by atoms with Crippen LogP contribution in [-0.4, -0.2) is 76.6 Å². The number of aliphatic hydroxyl groups excluding tert-OH is 1. The highest BCUT2D eigenvalue weighted by atomic mass is 16.5. The van der Waals surface area contributed by atoms with Gasteiger partial charge in [0.05, 0.1) is 25.3 Å². The Balaban J connectivity index is 1.36. The fourth-order valence-electron chi connectivity index (χ4n) is 5.38. The molecule has 1 saturated heterocycles. The Morgan fingerprint density at radius 1 is 1.00 bits per heavy atom. The van der Waals surface area contributed by atoms with Crippen LogP contribution >= 0.6 is 0 Å². The number of rotatable bonds is 5. The van der Waals surface area contributed by atoms with E-state index in [1.807, 2.05) is 66.9 Å². The van der Waals surface area contributed by atoms with Crippen molar-refractivity contribution in [1.82, 2.24) is 20.1 Å². The van der Waals surface area contributed by atoms with Crippen LogP contribution in [0.1, 0.15) is 36.0 Å². The molecule has 9 heteroatoms. The molecule has 2 aromatic carbocycles. The van der Waals surface area contributed by atoms with Crippen LogP contribution in [0.5, 0.6) is 11.5 Å². The number of nitrogens with zero attached hydrogens (tertiary/aromatic N) is 3. The summed E-state index contributed by atoms with van der Waals surface area (Å²) in [6.07, 6.45) is 5.42. The van der Waals surface area contributed by atoms with E-state index in [0.717, 1.165) is 47.7 Å². The molecule has 4 bridgehead atoms. The summed E-state index contributed by atoms with van der Waals surface area (Å²) >= 11 is 0. The molecule has 0 aliphatic carbocycles. The van der Waals surface area contributed by atoms with E-state index < -0.39 is 0 Å². The predicted octanol–water partition coefficient (Wildman–Crippen LogP) is 3.31. The Morgan fingerprint density at radius 2 is 1.88 bits per heavy atom. The van der Waals surface area contributed by atoms with Crippen LogP contribution in [-0.2, 0) is 33.9 Å². The Bertz CT molecular complexity index is 1290. The first kappa shape index (κ1) is 28.7. The van der Waals surface area contributed by atoms with Crippen LogP contribution in [0.15, 0.2) is 73.1 Å². The topological polar surface area (TPSA) is 104 Å². The van der Waals surface area contributed by atoms with Gasteiger partial charge in [-0.15, -0.1) is 0 Å². The number of carbonyl (C=O) groups excluding carboxylic acids is 2. The lowest BCUT2D eigenvalue weighted by molar-refractivity contribution is -0.137. The molecule has 1 fully saturated rings. The minimum atomic E-state index is -0.250. The summed E-state index contributed by atoms with van der Waals surface area (Å²) in [5.41, 5.74) is 3.11. The number of likely N-dealkylation sites (tertiary alicyclic amines) is 1. The van der Waals surface area contributed by atoms with E-state index in [4.69, 9.17) is 9.47 Å². The molecule has 41 heavy (non-hydrogen) atoms. The number of hydrogen-bond acceptors (Lipinski definition) is 7. The van der Waals surface area contributed by atoms with E-state index in [2.05, 4.69) is 15.2 Å². The highest BCUT2D eigenvalue weighted by Crippen LogP contribution is 2.25. The number of pyridine rings is 1. The highest BCUT2D eigenvalue weighted by Gasteiger charge is 2.32. The molecule has 216 valence electrons. The zero-order valence-corrected chi connectivity index (χ0v) is 23.3. The van der Waals surface area contributed by atoms with E-state index in [0.29, 0.717) is 32.5 Å². The maximum Gasteiger partial charge on any atom is 0.239 e. The minimum absolute atomic E-state index is 0.0462. The van der Waals surface area contributed by atoms with E-state index in [1.165, 1.54) is 0 Å². The van der Waals surface area contributed by atoms with E-state index >= 15 is 0 Å². The number of piperidine rings is 1. The summed E-state index contributed by atoms with van der Waals surface area (Å²) in [5.74, 6) is 1.10. The van der Waals surface area contributed by atoms with Crippen LogP contribution in [0, 0.1) is 0 Å². The summed E-state index contributed by atoms with van der Waals surface area (Å²) in [5, 5.41) is 12.6. The van der Waals surface area contributed by atoms with Crippen molar-refractivity contribution in [1.29, 1.82) is 0 Å². The van der Waals surface area contributed by atoms with Gasteiger partial charge in [0, 0.05) is 51.6 Å². The number of ether oxygens (including phenoxy) is 2. The monoisotopic (exact) mass is 558 g/mol. The van der Waals surface area contributed by atoms with Gasteiger partial charge in [0.1, 0.15) is 11.5 Å². The molecule has 6 rings (SSSR count). The summed E-state index contributed by atoms with van der Waals surface area (Å²) in [6, 6.07) is 19.3. The summed E-state index contributed by atoms with van der Waals surface area (Å²) < 4.78 is 12.5. The predicted molar refractivity (Wildman–Crippen MR) is 154 cm³/mol. The molecule has 2 atom stereocenters. The van der Waals surface area contributed by atoms with Crippen LogP contribution in [0.2, 0.25) is 0 Å². The van der Waals surface area contributed by atoms with Crippen molar-refractivity contribution in [3.8, 4) is 11.5 Å². The molecule has 3 aromatic rings. The van der Waals surface area contributed by atoms with E-state index in [9.17, 15) is 14.7 Å². The third-order valence-electron chi connectivity index (χ3n) is 7.53. The Kier molecular flexibility index (Phi) is 9.96. The summed E-state index contributed by atoms with van der Waals surface area (Å²) in [7, 11) is 0. The lowest BCUT2D eigenvalue weighted by Gasteiger charge is -2.39. The van der Waals surface area contributed by atoms with Crippen LogP contribution in [0.3, 0.4) is 0 Å². The SMILES string of the molecule is O=C1CN(CCCO)C(=O)CCc2ccc(cc2)Oc2cccc(c2)CO[C@H]2CCN(Cc3cccnc3)C[C@@H]2N1. The van der Waals surface area contributed by atoms with Gasteiger partial charge in [0.15, 0.2) is 0 Å². The quantitative estimate of drug-likeness (QED) is 0.495. The van der Waals surface area contributed by atoms with E-state index in [-0.39, 0.29) is 43.5 Å². The molecule has 2 amide bonds. The lowest BCUT2D eigenvalue weighted by Crippen LogP contribution is -2.57. The largest absolute Gasteiger partial charge is 0.457 e. The fourth-order valence-corrected chi connectivity index (χ4v) is 5.38. The maximum absolute atomic E-state index is 13.3. The number of aromatic nitrogens is 1. The molecule has 0 saturated carbocycles. The van der Waals surface area contributed by atoms with Gasteiger partial charge in [-0.1, -0.05) is 30.3 Å². The van der Waals surface area contributed by atoms with Gasteiger partial charge >= 0.3 is 0 Å². The molecule has 9 nitrogen and oxygen atoms in total. The van der Waals surface area contributed by atoms with Gasteiger partial charge in [-0.3, -0.25) is 19.5 Å². The first-order valence-electron chi connectivity index (χ1n) is 14.3. The van der Waals surface area contributed by atoms with Crippen LogP contribution in [0.4, 0.5) is 0 Å². The summed E-state index contributed by atoms with van der Waals surface area (Å²) in [6.45, 7) is 2.78. The number of aliphatic hydroxyl groups is 1. The standard InChI is InChI=1S/C32H38N4O5/c37-17-3-15-36-22-31(38)34-29-21-35(20-26-5-2-14-33-19-26)16-13-30(29)40-23-25-4-1-6-28(18-25)41-27-10-7-24(8-11-27)9-12-32(36)39/h1-2,4-8,10-11,14,18-19,29-30,37H,3,9,12-13,15-17,20-23H2,(H,34,38)/t29-,30-/m0/s1. The average molecular weight is 559 g/mol. The average Bonchev–Trinajstić information content (AvgIpc) is 2.99. The zero-order chi connectivity index (χ0) is 28.4. The minimum Gasteiger partial charge on any atom is -0.457 e. The molecular formula is C32H38N4O5. The molecule has 4 heterocycles. The molecule has 1 aromatic heterocycles. The first-order chi connectivity index (χ1) is 20.1. The van der Waals surface area contributed by atoms with Gasteiger partial charge in [-0.05, 0) is 66.3 Å². The van der Waals surface area contributed by atoms with Crippen molar-refractivity contribution in [2.24, 2.45) is 0 Å². The highest BCUT2D eigenvalue weighted by molar-refractivity contribution is 5.85. The normalized spacial score (nSPS) is 20.8. The number of hydrogen-bond donors (Lipinski definition) is 2. The van der Waals surface area contributed by atoms with Crippen molar-refractivity contribution >= 4 is 11.8 Å². The number of nitrogens with one attached hydrogen (secondary N) is 1. The van der Waals surface area contributed by atoms with Crippen molar-refractivity contribution in [2.75, 3.05) is 32.8 Å². The van der Waals surface area contributed by atoms with Gasteiger partial charge in [-0.25, -0.2) is 0 Å². The Hall–Kier alpha value is -3.79. The number of aryl methyl sites for hydroxylation is 1. The van der Waals surface area contributed by atoms with Crippen LogP contribution in [0.25, 0.3) is 0 Å². The number of carbonyl (C=O) groups is 2. The number of amides is 2. The maximum atomic E-state index is 13.3. The van der Waals surface area contributed by atoms with Gasteiger partial charge < -0.3 is 24.8 Å². The molecule has 3 aliphatic rings. The fraction of sp³-hybridized carbons (Fsp3) is 0.406. The molecular weight excluding hydrogens is 520 g/mol. The number of benzene rings is 2. The second-order valence-corrected chi connectivity index (χ2v) is 10.7. The Labute approximate surface area is 241 Å². The molecule has 3 aliphatic heterocycles. The molecule has 2 N–H and O–H groups in total. The lowest BCUT2D eigenvalue weighted by atomic mass is 10.0. The molecule has 0 radical (unpaired) electrons. The molecule has 0 unspecified atom stereocenters. The van der Waals surface area contributed by atoms with Crippen molar-refractivity contribution < 1.29 is 24.2 Å². The summed E-state index contributed by atoms with van der Waals surface area (Å²) in [4.78, 5) is 34.6. The second-order valence-electron chi connectivity index (χ2n) is 10.7. The van der Waals surface area contributed by atoms with Crippen molar-refractivity contribution in [2.45, 2.75) is 51.0 Å². The number of fused-ring (bicyclic) bond motifs is 9. The van der Waals surface area contributed by atoms with Gasteiger partial charge in [0.2, 0.25) is 11.8 Å². The zero-order valence-electron chi connectivity index (χ0n) is 23.3. The van der Waals surface area contributed by atoms with Gasteiger partial charge in [0.25, 0.3) is 0 Å². The molecule has 0 spiro atoms. The van der Waals surface area contributed by atoms with E-state index in [1.54, 1.807) is 11.1 Å².